The van der Waals surface area contributed by atoms with E-state index in [1.54, 1.807) is 10.9 Å². The van der Waals surface area contributed by atoms with Crippen molar-refractivity contribution in [1.29, 1.82) is 0 Å². The lowest BCUT2D eigenvalue weighted by molar-refractivity contribution is -0.108. The molecule has 198 valence electrons. The molecule has 0 spiro atoms. The number of aromatic nitrogens is 3. The predicted octanol–water partition coefficient (Wildman–Crippen LogP) is 3.92. The van der Waals surface area contributed by atoms with Crippen molar-refractivity contribution >= 4 is 40.0 Å². The van der Waals surface area contributed by atoms with Gasteiger partial charge in [-0.1, -0.05) is 17.4 Å². The van der Waals surface area contributed by atoms with Gasteiger partial charge >= 0.3 is 0 Å². The van der Waals surface area contributed by atoms with Gasteiger partial charge in [0.1, 0.15) is 33.6 Å². The molecule has 1 aliphatic rings. The van der Waals surface area contributed by atoms with Crippen LogP contribution >= 0.6 is 11.3 Å². The van der Waals surface area contributed by atoms with Crippen molar-refractivity contribution in [3.63, 3.8) is 0 Å². The van der Waals surface area contributed by atoms with Crippen LogP contribution in [0.4, 0.5) is 25.3 Å². The number of rotatable bonds is 8. The zero-order valence-corrected chi connectivity index (χ0v) is 21.9. The first-order chi connectivity index (χ1) is 17.7. The third-order valence-electron chi connectivity index (χ3n) is 6.91. The van der Waals surface area contributed by atoms with Gasteiger partial charge in [-0.05, 0) is 45.4 Å². The molecule has 9 nitrogen and oxygen atoms in total. The van der Waals surface area contributed by atoms with Crippen LogP contribution in [-0.4, -0.2) is 64.1 Å². The summed E-state index contributed by atoms with van der Waals surface area (Å²) in [4.78, 5) is 32.7. The van der Waals surface area contributed by atoms with Crippen LogP contribution in [0.2, 0.25) is 0 Å². The maximum atomic E-state index is 14.2. The average Bonchev–Trinajstić information content (AvgIpc) is 3.31. The number of carbonyl (C=O) groups is 2. The van der Waals surface area contributed by atoms with Gasteiger partial charge in [-0.3, -0.25) is 9.48 Å². The second-order valence-electron chi connectivity index (χ2n) is 9.28. The molecular formula is C25H31F2N7O2S. The lowest BCUT2D eigenvalue weighted by atomic mass is 10.1. The second-order valence-corrected chi connectivity index (χ2v) is 10.3. The van der Waals surface area contributed by atoms with Crippen LogP contribution in [0.25, 0.3) is 10.6 Å². The predicted molar refractivity (Wildman–Crippen MR) is 141 cm³/mol. The molecule has 1 unspecified atom stereocenters. The lowest BCUT2D eigenvalue weighted by Crippen LogP contribution is -2.39. The van der Waals surface area contributed by atoms with Gasteiger partial charge in [0.25, 0.3) is 5.91 Å². The zero-order valence-electron chi connectivity index (χ0n) is 21.1. The quantitative estimate of drug-likeness (QED) is 0.424. The number of nitrogens with two attached hydrogens (primary N) is 1. The summed E-state index contributed by atoms with van der Waals surface area (Å²) in [6.45, 7) is 3.59. The van der Waals surface area contributed by atoms with Crippen LogP contribution in [-0.2, 0) is 11.8 Å². The lowest BCUT2D eigenvalue weighted by Gasteiger charge is -2.32. The first kappa shape index (κ1) is 26.7. The molecular weight excluding hydrogens is 500 g/mol. The maximum absolute atomic E-state index is 14.2. The number of thiazole rings is 1. The van der Waals surface area contributed by atoms with Crippen molar-refractivity contribution < 1.29 is 18.4 Å². The standard InChI is InChI=1S/C25H31F2N7O2S/c1-15(10-13-35)32(2)16-6-5-11-34(12-9-16)25-19(14-29-33(25)3)30-23(36)21-22(28)37-24(31-21)20-17(26)7-4-8-18(20)27/h4,7-8,13-16H,5-6,9-12,28H2,1-3H3,(H,30,36)/t15?,16-/m0/s1. The number of anilines is 3. The summed E-state index contributed by atoms with van der Waals surface area (Å²) in [6, 6.07) is 4.04. The number of aryl methyl sites for hydroxylation is 1. The summed E-state index contributed by atoms with van der Waals surface area (Å²) < 4.78 is 30.2. The molecule has 1 aromatic carbocycles. The number of nitrogen functional groups attached to an aromatic ring is 1. The molecule has 12 heteroatoms. The highest BCUT2D eigenvalue weighted by atomic mass is 32.1. The normalized spacial score (nSPS) is 17.0. The Kier molecular flexibility index (Phi) is 8.18. The number of aldehydes is 1. The summed E-state index contributed by atoms with van der Waals surface area (Å²) in [5.41, 5.74) is 6.11. The molecule has 0 bridgehead atoms. The minimum absolute atomic E-state index is 0.00357. The molecule has 0 aliphatic carbocycles. The summed E-state index contributed by atoms with van der Waals surface area (Å²) in [6.07, 6.45) is 5.86. The largest absolute Gasteiger partial charge is 0.389 e. The first-order valence-corrected chi connectivity index (χ1v) is 13.0. The molecule has 2 aromatic heterocycles. The molecule has 37 heavy (non-hydrogen) atoms. The molecule has 4 rings (SSSR count). The van der Waals surface area contributed by atoms with Gasteiger partial charge in [0, 0.05) is 38.6 Å². The number of benzene rings is 1. The van der Waals surface area contributed by atoms with E-state index < -0.39 is 17.5 Å². The Labute approximate surface area is 218 Å². The van der Waals surface area contributed by atoms with Crippen LogP contribution in [0.5, 0.6) is 0 Å². The molecule has 1 saturated heterocycles. The van der Waals surface area contributed by atoms with Crippen molar-refractivity contribution in [2.45, 2.75) is 44.7 Å². The van der Waals surface area contributed by atoms with Gasteiger partial charge in [-0.2, -0.15) is 5.10 Å². The van der Waals surface area contributed by atoms with Crippen LogP contribution in [0.3, 0.4) is 0 Å². The van der Waals surface area contributed by atoms with E-state index in [1.165, 1.54) is 6.07 Å². The fourth-order valence-corrected chi connectivity index (χ4v) is 5.62. The minimum atomic E-state index is -0.777. The molecule has 3 aromatic rings. The summed E-state index contributed by atoms with van der Waals surface area (Å²) in [7, 11) is 3.87. The Morgan fingerprint density at radius 3 is 2.76 bits per heavy atom. The highest BCUT2D eigenvalue weighted by molar-refractivity contribution is 7.19. The van der Waals surface area contributed by atoms with Crippen LogP contribution in [0, 0.1) is 11.6 Å². The van der Waals surface area contributed by atoms with E-state index in [2.05, 4.69) is 39.2 Å². The van der Waals surface area contributed by atoms with Crippen molar-refractivity contribution in [2.24, 2.45) is 7.05 Å². The van der Waals surface area contributed by atoms with Crippen LogP contribution in [0.1, 0.15) is 43.1 Å². The molecule has 1 fully saturated rings. The van der Waals surface area contributed by atoms with Crippen LogP contribution in [0.15, 0.2) is 24.4 Å². The highest BCUT2D eigenvalue weighted by Gasteiger charge is 2.27. The molecule has 3 heterocycles. The number of halogens is 2. The molecule has 0 saturated carbocycles. The van der Waals surface area contributed by atoms with Gasteiger partial charge in [0.2, 0.25) is 0 Å². The number of hydrogen-bond donors (Lipinski definition) is 2. The number of nitrogens with one attached hydrogen (secondary N) is 1. The maximum Gasteiger partial charge on any atom is 0.277 e. The Morgan fingerprint density at radius 2 is 2.05 bits per heavy atom. The smallest absolute Gasteiger partial charge is 0.277 e. The number of amides is 1. The topological polar surface area (TPSA) is 109 Å². The Morgan fingerprint density at radius 1 is 1.32 bits per heavy atom. The van der Waals surface area contributed by atoms with E-state index in [0.717, 1.165) is 67.9 Å². The molecule has 3 N–H and O–H groups in total. The third-order valence-corrected chi connectivity index (χ3v) is 7.81. The molecule has 2 atom stereocenters. The van der Waals surface area contributed by atoms with Gasteiger partial charge in [0.15, 0.2) is 11.5 Å². The summed E-state index contributed by atoms with van der Waals surface area (Å²) >= 11 is 0.852. The van der Waals surface area contributed by atoms with Crippen molar-refractivity contribution in [3.8, 4) is 10.6 Å². The second kappa shape index (κ2) is 11.3. The third kappa shape index (κ3) is 5.64. The fourth-order valence-electron chi connectivity index (χ4n) is 4.74. The number of nitrogens with zero attached hydrogens (tertiary/aromatic N) is 5. The van der Waals surface area contributed by atoms with Crippen molar-refractivity contribution in [3.05, 3.63) is 41.7 Å². The summed E-state index contributed by atoms with van der Waals surface area (Å²) in [5, 5.41) is 7.23. The fraction of sp³-hybridized carbons (Fsp3) is 0.440. The molecule has 0 radical (unpaired) electrons. The molecule has 1 amide bonds. The van der Waals surface area contributed by atoms with Crippen molar-refractivity contribution in [1.82, 2.24) is 19.7 Å². The summed E-state index contributed by atoms with van der Waals surface area (Å²) in [5.74, 6) is -1.38. The van der Waals surface area contributed by atoms with Gasteiger partial charge < -0.3 is 25.6 Å². The van der Waals surface area contributed by atoms with E-state index in [0.29, 0.717) is 18.2 Å². The zero-order chi connectivity index (χ0) is 26.7. The van der Waals surface area contributed by atoms with E-state index in [4.69, 9.17) is 5.73 Å². The Hall–Kier alpha value is -3.38. The van der Waals surface area contributed by atoms with E-state index in [1.807, 2.05) is 7.05 Å². The minimum Gasteiger partial charge on any atom is -0.389 e. The van der Waals surface area contributed by atoms with E-state index >= 15 is 0 Å². The van der Waals surface area contributed by atoms with Gasteiger partial charge in [-0.25, -0.2) is 13.8 Å². The first-order valence-electron chi connectivity index (χ1n) is 12.2. The average molecular weight is 532 g/mol. The monoisotopic (exact) mass is 531 g/mol. The number of hydrogen-bond acceptors (Lipinski definition) is 8. The number of carbonyl (C=O) groups excluding carboxylic acids is 2. The molecule has 1 aliphatic heterocycles. The Balaban J connectivity index is 1.51. The van der Waals surface area contributed by atoms with Gasteiger partial charge in [0.05, 0.1) is 11.8 Å². The van der Waals surface area contributed by atoms with Crippen molar-refractivity contribution in [2.75, 3.05) is 36.1 Å². The SMILES string of the molecule is CC(CC=O)N(C)[C@H]1CCCN(c2c(NC(=O)c3nc(-c4c(F)cccc4F)sc3N)cnn2C)CC1. The van der Waals surface area contributed by atoms with E-state index in [-0.39, 0.29) is 27.3 Å². The van der Waals surface area contributed by atoms with Crippen LogP contribution < -0.4 is 16.0 Å². The van der Waals surface area contributed by atoms with Gasteiger partial charge in [-0.15, -0.1) is 0 Å². The Bertz CT molecular complexity index is 1260. The highest BCUT2D eigenvalue weighted by Crippen LogP contribution is 2.35. The van der Waals surface area contributed by atoms with E-state index in [9.17, 15) is 18.4 Å².